The number of urea groups is 1. The van der Waals surface area contributed by atoms with Gasteiger partial charge in [-0.05, 0) is 0 Å². The van der Waals surface area contributed by atoms with Crippen molar-refractivity contribution in [1.29, 1.82) is 0 Å². The second kappa shape index (κ2) is 4.60. The van der Waals surface area contributed by atoms with E-state index in [0.717, 1.165) is 0 Å². The molecule has 0 aromatic carbocycles. The Hall–Kier alpha value is -1.26. The molecule has 0 spiro atoms. The zero-order valence-electron chi connectivity index (χ0n) is 6.38. The summed E-state index contributed by atoms with van der Waals surface area (Å²) in [4.78, 5) is 12.0. The van der Waals surface area contributed by atoms with Gasteiger partial charge in [0, 0.05) is 21.1 Å². The molecular formula is C5H12N4O. The molecule has 0 fully saturated rings. The minimum absolute atomic E-state index is 0.195. The summed E-state index contributed by atoms with van der Waals surface area (Å²) in [6, 6.07) is -0.195. The highest BCUT2D eigenvalue weighted by atomic mass is 16.2. The van der Waals surface area contributed by atoms with Crippen molar-refractivity contribution in [3.05, 3.63) is 0 Å². The van der Waals surface area contributed by atoms with E-state index in [2.05, 4.69) is 15.8 Å². The maximum Gasteiger partial charge on any atom is 0.322 e. The molecule has 2 N–H and O–H groups in total. The van der Waals surface area contributed by atoms with E-state index >= 15 is 0 Å². The van der Waals surface area contributed by atoms with E-state index in [-0.39, 0.29) is 6.03 Å². The van der Waals surface area contributed by atoms with Crippen molar-refractivity contribution >= 4 is 12.4 Å². The number of carbonyl (C=O) groups is 1. The minimum atomic E-state index is -0.195. The van der Waals surface area contributed by atoms with Gasteiger partial charge in [0.2, 0.25) is 0 Å². The molecule has 5 nitrogen and oxygen atoms in total. The molecule has 0 heterocycles. The Labute approximate surface area is 60.1 Å². The lowest BCUT2D eigenvalue weighted by Crippen LogP contribution is -2.34. The van der Waals surface area contributed by atoms with Crippen LogP contribution in [0.2, 0.25) is 0 Å². The molecule has 0 unspecified atom stereocenters. The third kappa shape index (κ3) is 2.91. The van der Waals surface area contributed by atoms with Gasteiger partial charge in [-0.3, -0.25) is 4.90 Å². The molecule has 0 bridgehead atoms. The Bertz CT molecular complexity index is 134. The van der Waals surface area contributed by atoms with E-state index in [0.29, 0.717) is 0 Å². The van der Waals surface area contributed by atoms with Gasteiger partial charge in [0.05, 0.1) is 0 Å². The van der Waals surface area contributed by atoms with Crippen LogP contribution in [0.1, 0.15) is 0 Å². The maximum absolute atomic E-state index is 10.7. The van der Waals surface area contributed by atoms with Gasteiger partial charge in [0.15, 0.2) is 0 Å². The van der Waals surface area contributed by atoms with E-state index in [1.807, 2.05) is 0 Å². The third-order valence-corrected chi connectivity index (χ3v) is 0.894. The largest absolute Gasteiger partial charge is 0.341 e. The average molecular weight is 144 g/mol. The van der Waals surface area contributed by atoms with Gasteiger partial charge >= 0.3 is 6.03 Å². The van der Waals surface area contributed by atoms with E-state index in [1.165, 1.54) is 11.2 Å². The van der Waals surface area contributed by atoms with Crippen molar-refractivity contribution in [1.82, 2.24) is 15.6 Å². The SMILES string of the molecule is CN/N=C/N(C)C(=O)NC. The van der Waals surface area contributed by atoms with Crippen molar-refractivity contribution in [2.24, 2.45) is 5.10 Å². The maximum atomic E-state index is 10.7. The molecule has 5 heteroatoms. The van der Waals surface area contributed by atoms with Gasteiger partial charge in [-0.2, -0.15) is 5.10 Å². The Kier molecular flexibility index (Phi) is 4.02. The quantitative estimate of drug-likeness (QED) is 0.309. The first-order chi connectivity index (χ1) is 4.72. The number of hydrogen-bond acceptors (Lipinski definition) is 3. The molecule has 0 aliphatic rings. The Morgan fingerprint density at radius 3 is 2.60 bits per heavy atom. The van der Waals surface area contributed by atoms with Gasteiger partial charge in [0.25, 0.3) is 0 Å². The average Bonchev–Trinajstić information content (AvgIpc) is 1.98. The Morgan fingerprint density at radius 2 is 2.20 bits per heavy atom. The second-order valence-electron chi connectivity index (χ2n) is 1.63. The molecule has 0 aliphatic heterocycles. The molecule has 0 aliphatic carbocycles. The van der Waals surface area contributed by atoms with Crippen LogP contribution in [-0.4, -0.2) is 38.4 Å². The van der Waals surface area contributed by atoms with Crippen LogP contribution in [-0.2, 0) is 0 Å². The van der Waals surface area contributed by atoms with Gasteiger partial charge in [0.1, 0.15) is 6.34 Å². The molecule has 2 amide bonds. The molecule has 10 heavy (non-hydrogen) atoms. The number of hydrazone groups is 1. The summed E-state index contributed by atoms with van der Waals surface area (Å²) in [5.74, 6) is 0. The highest BCUT2D eigenvalue weighted by Crippen LogP contribution is 1.75. The van der Waals surface area contributed by atoms with E-state index in [4.69, 9.17) is 0 Å². The summed E-state index contributed by atoms with van der Waals surface area (Å²) in [7, 11) is 4.83. The number of rotatable bonds is 2. The summed E-state index contributed by atoms with van der Waals surface area (Å²) in [5.41, 5.74) is 2.53. The predicted molar refractivity (Wildman–Crippen MR) is 39.8 cm³/mol. The van der Waals surface area contributed by atoms with Gasteiger partial charge in [-0.25, -0.2) is 4.79 Å². The fourth-order valence-corrected chi connectivity index (χ4v) is 0.373. The monoisotopic (exact) mass is 144 g/mol. The molecule has 0 atom stereocenters. The highest BCUT2D eigenvalue weighted by molar-refractivity contribution is 5.85. The molecule has 0 saturated heterocycles. The Balaban J connectivity index is 3.72. The lowest BCUT2D eigenvalue weighted by atomic mass is 10.8. The number of nitrogens with zero attached hydrogens (tertiary/aromatic N) is 2. The van der Waals surface area contributed by atoms with E-state index in [9.17, 15) is 4.79 Å². The molecule has 0 rings (SSSR count). The molecule has 0 aromatic heterocycles. The van der Waals surface area contributed by atoms with Crippen molar-refractivity contribution in [2.45, 2.75) is 0 Å². The topological polar surface area (TPSA) is 56.7 Å². The molecule has 0 radical (unpaired) electrons. The van der Waals surface area contributed by atoms with Crippen LogP contribution < -0.4 is 10.7 Å². The molecule has 58 valence electrons. The van der Waals surface area contributed by atoms with Gasteiger partial charge in [-0.1, -0.05) is 0 Å². The first-order valence-electron chi connectivity index (χ1n) is 2.86. The van der Waals surface area contributed by atoms with Crippen LogP contribution in [0.15, 0.2) is 5.10 Å². The number of amides is 2. The summed E-state index contributed by atoms with van der Waals surface area (Å²) in [6.07, 6.45) is 1.39. The zero-order valence-corrected chi connectivity index (χ0v) is 6.38. The lowest BCUT2D eigenvalue weighted by molar-refractivity contribution is 0.229. The van der Waals surface area contributed by atoms with Gasteiger partial charge < -0.3 is 10.7 Å². The normalized spacial score (nSPS) is 9.50. The van der Waals surface area contributed by atoms with Crippen molar-refractivity contribution in [3.8, 4) is 0 Å². The number of hydrogen-bond donors (Lipinski definition) is 2. The van der Waals surface area contributed by atoms with Crippen LogP contribution in [0.25, 0.3) is 0 Å². The minimum Gasteiger partial charge on any atom is -0.341 e. The summed E-state index contributed by atoms with van der Waals surface area (Å²) in [5, 5.41) is 6.07. The Morgan fingerprint density at radius 1 is 1.60 bits per heavy atom. The first-order valence-corrected chi connectivity index (χ1v) is 2.86. The van der Waals surface area contributed by atoms with Crippen LogP contribution >= 0.6 is 0 Å². The van der Waals surface area contributed by atoms with Crippen molar-refractivity contribution in [3.63, 3.8) is 0 Å². The standard InChI is InChI=1S/C5H12N4O/c1-6-5(10)9(3)4-8-7-2/h4,7H,1-3H3,(H,6,10)/b8-4+. The zero-order chi connectivity index (χ0) is 7.98. The van der Waals surface area contributed by atoms with Crippen LogP contribution in [0.4, 0.5) is 4.79 Å². The van der Waals surface area contributed by atoms with Gasteiger partial charge in [-0.15, -0.1) is 0 Å². The van der Waals surface area contributed by atoms with Crippen LogP contribution in [0.5, 0.6) is 0 Å². The smallest absolute Gasteiger partial charge is 0.322 e. The summed E-state index contributed by atoms with van der Waals surface area (Å²) < 4.78 is 0. The molecule has 0 saturated carbocycles. The van der Waals surface area contributed by atoms with Crippen LogP contribution in [0, 0.1) is 0 Å². The molecular weight excluding hydrogens is 132 g/mol. The second-order valence-corrected chi connectivity index (χ2v) is 1.63. The van der Waals surface area contributed by atoms with Crippen LogP contribution in [0.3, 0.4) is 0 Å². The third-order valence-electron chi connectivity index (χ3n) is 0.894. The highest BCUT2D eigenvalue weighted by Gasteiger charge is 1.99. The van der Waals surface area contributed by atoms with Crippen molar-refractivity contribution < 1.29 is 4.79 Å². The lowest BCUT2D eigenvalue weighted by Gasteiger charge is -2.08. The summed E-state index contributed by atoms with van der Waals surface area (Å²) in [6.45, 7) is 0. The van der Waals surface area contributed by atoms with E-state index < -0.39 is 0 Å². The van der Waals surface area contributed by atoms with Crippen molar-refractivity contribution in [2.75, 3.05) is 21.1 Å². The predicted octanol–water partition coefficient (Wildman–Crippen LogP) is -0.580. The molecule has 0 aromatic rings. The number of carbonyl (C=O) groups excluding carboxylic acids is 1. The number of nitrogens with one attached hydrogen (secondary N) is 2. The fraction of sp³-hybridized carbons (Fsp3) is 0.600. The first kappa shape index (κ1) is 8.74. The van der Waals surface area contributed by atoms with E-state index in [1.54, 1.807) is 21.1 Å². The summed E-state index contributed by atoms with van der Waals surface area (Å²) >= 11 is 0. The fourth-order valence-electron chi connectivity index (χ4n) is 0.373.